The van der Waals surface area contributed by atoms with Gasteiger partial charge in [0.05, 0.1) is 0 Å². The van der Waals surface area contributed by atoms with Crippen LogP contribution < -0.4 is 9.47 Å². The van der Waals surface area contributed by atoms with Crippen molar-refractivity contribution in [2.45, 2.75) is 49.4 Å². The molecular weight excluding hydrogens is 726 g/mol. The van der Waals surface area contributed by atoms with E-state index in [2.05, 4.69) is 0 Å². The van der Waals surface area contributed by atoms with E-state index in [4.69, 9.17) is 41.7 Å². The average Bonchev–Trinajstić information content (AvgIpc) is 3.02. The maximum atomic E-state index is 12.6. The molecular formula is C32H32Cl2O11PS2+. The summed E-state index contributed by atoms with van der Waals surface area (Å²) in [6.07, 6.45) is 0.420. The summed E-state index contributed by atoms with van der Waals surface area (Å²) in [5, 5.41) is 1.12. The number of hydrogen-bond donors (Lipinski definition) is 2. The van der Waals surface area contributed by atoms with Gasteiger partial charge in [0.1, 0.15) is 23.0 Å². The molecule has 0 bridgehead atoms. The maximum absolute atomic E-state index is 12.6. The molecule has 0 aliphatic heterocycles. The van der Waals surface area contributed by atoms with Gasteiger partial charge in [0.15, 0.2) is 0 Å². The molecule has 0 amide bonds. The molecule has 0 fully saturated rings. The number of rotatable bonds is 18. The van der Waals surface area contributed by atoms with Crippen molar-refractivity contribution in [1.29, 1.82) is 0 Å². The van der Waals surface area contributed by atoms with E-state index in [0.717, 1.165) is 11.1 Å². The minimum Gasteiger partial charge on any atom is -0.457 e. The highest BCUT2D eigenvalue weighted by Gasteiger charge is 2.41. The van der Waals surface area contributed by atoms with Crippen LogP contribution in [0.4, 0.5) is 0 Å². The molecule has 4 aromatic rings. The van der Waals surface area contributed by atoms with Gasteiger partial charge < -0.3 is 9.47 Å². The Kier molecular flexibility index (Phi) is 13.8. The lowest BCUT2D eigenvalue weighted by molar-refractivity contribution is 0.170. The third kappa shape index (κ3) is 12.7. The van der Waals surface area contributed by atoms with E-state index in [-0.39, 0.29) is 25.7 Å². The second-order valence-electron chi connectivity index (χ2n) is 10.5. The quantitative estimate of drug-likeness (QED) is 0.0735. The Hall–Kier alpha value is -3.10. The Bertz CT molecular complexity index is 1750. The van der Waals surface area contributed by atoms with Gasteiger partial charge in [0.25, 0.3) is 20.2 Å². The Morgan fingerprint density at radius 3 is 1.31 bits per heavy atom. The van der Waals surface area contributed by atoms with Crippen LogP contribution in [-0.4, -0.2) is 36.8 Å². The summed E-state index contributed by atoms with van der Waals surface area (Å²) >= 11 is 11.8. The summed E-state index contributed by atoms with van der Waals surface area (Å²) in [4.78, 5) is 0. The molecule has 48 heavy (non-hydrogen) atoms. The van der Waals surface area contributed by atoms with Crippen molar-refractivity contribution in [2.24, 2.45) is 0 Å². The van der Waals surface area contributed by atoms with Gasteiger partial charge in [-0.05, 0) is 122 Å². The minimum atomic E-state index is -4.87. The van der Waals surface area contributed by atoms with Crippen molar-refractivity contribution in [3.63, 3.8) is 0 Å². The van der Waals surface area contributed by atoms with Crippen LogP contribution in [-0.2, 0) is 46.7 Å². The molecule has 0 saturated carbocycles. The van der Waals surface area contributed by atoms with Crippen LogP contribution in [0.2, 0.25) is 10.0 Å². The van der Waals surface area contributed by atoms with Crippen molar-refractivity contribution in [1.82, 2.24) is 0 Å². The van der Waals surface area contributed by atoms with Gasteiger partial charge in [-0.15, -0.1) is 0 Å². The smallest absolute Gasteiger partial charge is 0.457 e. The van der Waals surface area contributed by atoms with Crippen molar-refractivity contribution >= 4 is 51.7 Å². The zero-order valence-corrected chi connectivity index (χ0v) is 29.3. The summed E-state index contributed by atoms with van der Waals surface area (Å²) in [7, 11) is -13.1. The molecule has 11 nitrogen and oxygen atoms in total. The molecule has 4 rings (SSSR count). The molecule has 2 unspecified atom stereocenters. The molecule has 256 valence electrons. The number of ether oxygens (including phenoxy) is 2. The average molecular weight is 759 g/mol. The zero-order valence-electron chi connectivity index (χ0n) is 25.2. The second kappa shape index (κ2) is 17.5. The fourth-order valence-electron chi connectivity index (χ4n) is 4.48. The van der Waals surface area contributed by atoms with Crippen LogP contribution in [0, 0.1) is 0 Å². The van der Waals surface area contributed by atoms with Crippen molar-refractivity contribution < 1.29 is 49.0 Å². The highest BCUT2D eigenvalue weighted by Crippen LogP contribution is 2.34. The fourth-order valence-corrected chi connectivity index (χ4v) is 7.60. The standard InChI is InChI=1S/C32H31Cl2O11PS2/c33-25-13-17-27(18-14-25)42-29-9-1-5-23(21-29)7-3-11-31(47(36,37)38)44-46(35)45-32(48(39,40)41)12-4-8-24-6-2-10-30(22-24)43-28-19-15-26(34)16-20-28/h1-2,5-6,9-10,13-22,31-32H,3-4,7-8,11-12H2,(H-,36,37,38,39,40,41)/p+1. The van der Waals surface area contributed by atoms with E-state index in [9.17, 15) is 30.5 Å². The first-order valence-electron chi connectivity index (χ1n) is 14.5. The van der Waals surface area contributed by atoms with Gasteiger partial charge in [0.2, 0.25) is 10.9 Å². The lowest BCUT2D eigenvalue weighted by atomic mass is 10.1. The van der Waals surface area contributed by atoms with Gasteiger partial charge in [0, 0.05) is 14.6 Å². The predicted molar refractivity (Wildman–Crippen MR) is 182 cm³/mol. The SMILES string of the molecule is O=[P+](OC(CCCc1cccc(Oc2ccc(Cl)cc2)c1)S(=O)(=O)O)OC(CCCc1cccc(Oc2ccc(Cl)cc2)c1)S(=O)(=O)O. The fraction of sp³-hybridized carbons (Fsp3) is 0.250. The van der Waals surface area contributed by atoms with Crippen LogP contribution >= 0.6 is 31.5 Å². The normalized spacial score (nSPS) is 13.5. The lowest BCUT2D eigenvalue weighted by Gasteiger charge is -2.11. The molecule has 0 aromatic heterocycles. The first-order valence-corrected chi connectivity index (χ1v) is 19.4. The van der Waals surface area contributed by atoms with Crippen LogP contribution in [0.5, 0.6) is 23.0 Å². The Labute approximate surface area is 290 Å². The molecule has 4 aromatic carbocycles. The number of hydrogen-bond acceptors (Lipinski definition) is 9. The van der Waals surface area contributed by atoms with Crippen molar-refractivity contribution in [2.75, 3.05) is 0 Å². The van der Waals surface area contributed by atoms with Gasteiger partial charge in [-0.2, -0.15) is 16.8 Å². The van der Waals surface area contributed by atoms with Crippen LogP contribution in [0.15, 0.2) is 97.1 Å². The molecule has 0 aliphatic rings. The summed E-state index contributed by atoms with van der Waals surface area (Å²) in [6, 6.07) is 27.6. The highest BCUT2D eigenvalue weighted by atomic mass is 35.5. The summed E-state index contributed by atoms with van der Waals surface area (Å²) in [6.45, 7) is 0. The Balaban J connectivity index is 1.29. The maximum Gasteiger partial charge on any atom is 0.700 e. The largest absolute Gasteiger partial charge is 0.700 e. The lowest BCUT2D eigenvalue weighted by Crippen LogP contribution is -2.25. The molecule has 2 atom stereocenters. The van der Waals surface area contributed by atoms with E-state index in [1.807, 2.05) is 0 Å². The molecule has 0 spiro atoms. The monoisotopic (exact) mass is 757 g/mol. The molecule has 16 heteroatoms. The molecule has 0 saturated heterocycles. The molecule has 2 N–H and O–H groups in total. The highest BCUT2D eigenvalue weighted by molar-refractivity contribution is 7.86. The first kappa shape index (κ1) is 37.7. The van der Waals surface area contributed by atoms with Crippen LogP contribution in [0.25, 0.3) is 0 Å². The molecule has 0 heterocycles. The topological polar surface area (TPSA) is 163 Å². The second-order valence-corrected chi connectivity index (χ2v) is 15.4. The van der Waals surface area contributed by atoms with Gasteiger partial charge >= 0.3 is 8.25 Å². The van der Waals surface area contributed by atoms with Crippen molar-refractivity contribution in [3.8, 4) is 23.0 Å². The van der Waals surface area contributed by atoms with E-state index in [1.165, 1.54) is 0 Å². The predicted octanol–water partition coefficient (Wildman–Crippen LogP) is 9.04. The Morgan fingerprint density at radius 2 is 0.958 bits per heavy atom. The minimum absolute atomic E-state index is 0.167. The molecule has 0 radical (unpaired) electrons. The van der Waals surface area contributed by atoms with Crippen LogP contribution in [0.3, 0.4) is 0 Å². The van der Waals surface area contributed by atoms with Gasteiger partial charge in [-0.25, -0.2) is 0 Å². The summed E-state index contributed by atoms with van der Waals surface area (Å²) in [5.74, 6) is 2.20. The summed E-state index contributed by atoms with van der Waals surface area (Å²) in [5.41, 5.74) is -2.38. The third-order valence-corrected chi connectivity index (χ3v) is 10.4. The number of aryl methyl sites for hydroxylation is 2. The van der Waals surface area contributed by atoms with E-state index >= 15 is 0 Å². The van der Waals surface area contributed by atoms with Gasteiger partial charge in [-0.3, -0.25) is 9.11 Å². The Morgan fingerprint density at radius 1 is 0.583 bits per heavy atom. The molecule has 0 aliphatic carbocycles. The number of benzene rings is 4. The van der Waals surface area contributed by atoms with E-state index < -0.39 is 39.4 Å². The summed E-state index contributed by atoms with van der Waals surface area (Å²) < 4.78 is 101. The van der Waals surface area contributed by atoms with Gasteiger partial charge in [-0.1, -0.05) is 56.5 Å². The first-order chi connectivity index (χ1) is 22.7. The van der Waals surface area contributed by atoms with E-state index in [1.54, 1.807) is 97.1 Å². The van der Waals surface area contributed by atoms with E-state index in [0.29, 0.717) is 45.9 Å². The third-order valence-electron chi connectivity index (χ3n) is 6.78. The van der Waals surface area contributed by atoms with Crippen molar-refractivity contribution in [3.05, 3.63) is 118 Å². The van der Waals surface area contributed by atoms with Crippen LogP contribution in [0.1, 0.15) is 36.8 Å². The zero-order chi connectivity index (χ0) is 34.7. The number of halogens is 2.